The normalized spacial score (nSPS) is 31.6. The second-order valence-electron chi connectivity index (χ2n) is 3.98. The smallest absolute Gasteiger partial charge is 0.123 e. The summed E-state index contributed by atoms with van der Waals surface area (Å²) in [7, 11) is 0. The predicted molar refractivity (Wildman–Crippen MR) is 41.8 cm³/mol. The van der Waals surface area contributed by atoms with Crippen molar-refractivity contribution in [1.82, 2.24) is 0 Å². The molecule has 1 aliphatic carbocycles. The number of hydrogen-bond acceptors (Lipinski definition) is 1. The zero-order valence-corrected chi connectivity index (χ0v) is 6.89. The lowest BCUT2D eigenvalue weighted by atomic mass is 9.70. The number of rotatable bonds is 1. The number of carbonyl (C=O) groups is 1. The Morgan fingerprint density at radius 1 is 1.40 bits per heavy atom. The van der Waals surface area contributed by atoms with Gasteiger partial charge in [-0.15, -0.1) is 0 Å². The van der Waals surface area contributed by atoms with E-state index in [9.17, 15) is 4.79 Å². The molecule has 1 atom stereocenters. The number of hydrogen-bond donors (Lipinski definition) is 0. The summed E-state index contributed by atoms with van der Waals surface area (Å²) in [6, 6.07) is 0. The van der Waals surface area contributed by atoms with E-state index in [0.29, 0.717) is 5.92 Å². The lowest BCUT2D eigenvalue weighted by Gasteiger charge is -2.34. The van der Waals surface area contributed by atoms with E-state index in [1.807, 2.05) is 0 Å². The van der Waals surface area contributed by atoms with Crippen molar-refractivity contribution >= 4 is 6.29 Å². The van der Waals surface area contributed by atoms with E-state index in [1.54, 1.807) is 0 Å². The van der Waals surface area contributed by atoms with Crippen molar-refractivity contribution in [2.45, 2.75) is 39.5 Å². The average Bonchev–Trinajstić information content (AvgIpc) is 1.87. The van der Waals surface area contributed by atoms with Crippen LogP contribution in [0.15, 0.2) is 0 Å². The SMILES string of the molecule is CC1(C)CCCCC1C=O. The van der Waals surface area contributed by atoms with Gasteiger partial charge in [0, 0.05) is 5.92 Å². The zero-order valence-electron chi connectivity index (χ0n) is 6.89. The van der Waals surface area contributed by atoms with E-state index in [0.717, 1.165) is 12.7 Å². The van der Waals surface area contributed by atoms with Crippen LogP contribution in [0.2, 0.25) is 0 Å². The van der Waals surface area contributed by atoms with Crippen molar-refractivity contribution < 1.29 is 4.79 Å². The van der Waals surface area contributed by atoms with Gasteiger partial charge in [-0.2, -0.15) is 0 Å². The maximum absolute atomic E-state index is 10.6. The van der Waals surface area contributed by atoms with Gasteiger partial charge in [-0.05, 0) is 18.3 Å². The summed E-state index contributed by atoms with van der Waals surface area (Å²) in [6.07, 6.45) is 6.01. The highest BCUT2D eigenvalue weighted by Gasteiger charge is 2.31. The highest BCUT2D eigenvalue weighted by atomic mass is 16.1. The van der Waals surface area contributed by atoms with Gasteiger partial charge < -0.3 is 4.79 Å². The lowest BCUT2D eigenvalue weighted by Crippen LogP contribution is -2.28. The molecule has 1 nitrogen and oxygen atoms in total. The van der Waals surface area contributed by atoms with Crippen molar-refractivity contribution in [3.63, 3.8) is 0 Å². The van der Waals surface area contributed by atoms with Gasteiger partial charge in [0.2, 0.25) is 0 Å². The Balaban J connectivity index is 2.59. The van der Waals surface area contributed by atoms with E-state index < -0.39 is 0 Å². The molecule has 0 bridgehead atoms. The summed E-state index contributed by atoms with van der Waals surface area (Å²) in [5, 5.41) is 0. The topological polar surface area (TPSA) is 17.1 Å². The standard InChI is InChI=1S/C9H16O/c1-9(2)6-4-3-5-8(9)7-10/h7-8H,3-6H2,1-2H3. The number of carbonyl (C=O) groups excluding carboxylic acids is 1. The fraction of sp³-hybridized carbons (Fsp3) is 0.889. The van der Waals surface area contributed by atoms with E-state index in [1.165, 1.54) is 19.3 Å². The predicted octanol–water partition coefficient (Wildman–Crippen LogP) is 2.40. The molecule has 0 radical (unpaired) electrons. The van der Waals surface area contributed by atoms with Crippen LogP contribution in [-0.4, -0.2) is 6.29 Å². The van der Waals surface area contributed by atoms with Crippen LogP contribution in [0.25, 0.3) is 0 Å². The van der Waals surface area contributed by atoms with E-state index in [-0.39, 0.29) is 5.41 Å². The molecule has 1 unspecified atom stereocenters. The van der Waals surface area contributed by atoms with Crippen LogP contribution in [0.5, 0.6) is 0 Å². The van der Waals surface area contributed by atoms with E-state index in [2.05, 4.69) is 13.8 Å². The fourth-order valence-corrected chi connectivity index (χ4v) is 1.77. The molecule has 1 saturated carbocycles. The molecule has 1 heteroatoms. The lowest BCUT2D eigenvalue weighted by molar-refractivity contribution is -0.115. The minimum absolute atomic E-state index is 0.278. The minimum atomic E-state index is 0.278. The molecule has 0 aromatic rings. The second-order valence-corrected chi connectivity index (χ2v) is 3.98. The summed E-state index contributed by atoms with van der Waals surface area (Å²) in [4.78, 5) is 10.6. The van der Waals surface area contributed by atoms with Crippen LogP contribution >= 0.6 is 0 Å². The highest BCUT2D eigenvalue weighted by molar-refractivity contribution is 5.55. The van der Waals surface area contributed by atoms with Crippen molar-refractivity contribution in [3.05, 3.63) is 0 Å². The first kappa shape index (κ1) is 7.77. The molecule has 0 aliphatic heterocycles. The van der Waals surface area contributed by atoms with Crippen LogP contribution in [0.1, 0.15) is 39.5 Å². The van der Waals surface area contributed by atoms with Crippen molar-refractivity contribution in [3.8, 4) is 0 Å². The maximum atomic E-state index is 10.6. The van der Waals surface area contributed by atoms with Crippen LogP contribution in [0, 0.1) is 11.3 Å². The monoisotopic (exact) mass is 140 g/mol. The molecule has 10 heavy (non-hydrogen) atoms. The molecule has 0 amide bonds. The van der Waals surface area contributed by atoms with Crippen LogP contribution in [0.3, 0.4) is 0 Å². The largest absolute Gasteiger partial charge is 0.303 e. The summed E-state index contributed by atoms with van der Waals surface area (Å²) < 4.78 is 0. The van der Waals surface area contributed by atoms with E-state index >= 15 is 0 Å². The van der Waals surface area contributed by atoms with Gasteiger partial charge in [-0.25, -0.2) is 0 Å². The molecule has 0 aromatic carbocycles. The Bertz CT molecular complexity index is 127. The maximum Gasteiger partial charge on any atom is 0.123 e. The Hall–Kier alpha value is -0.330. The summed E-state index contributed by atoms with van der Waals surface area (Å²) >= 11 is 0. The molecule has 0 heterocycles. The molecule has 1 fully saturated rings. The van der Waals surface area contributed by atoms with Crippen molar-refractivity contribution in [1.29, 1.82) is 0 Å². The first-order valence-electron chi connectivity index (χ1n) is 4.12. The summed E-state index contributed by atoms with van der Waals surface area (Å²) in [6.45, 7) is 4.40. The molecule has 1 aliphatic rings. The Morgan fingerprint density at radius 3 is 2.50 bits per heavy atom. The van der Waals surface area contributed by atoms with Crippen LogP contribution in [0.4, 0.5) is 0 Å². The van der Waals surface area contributed by atoms with Crippen LogP contribution < -0.4 is 0 Å². The van der Waals surface area contributed by atoms with Gasteiger partial charge in [0.1, 0.15) is 6.29 Å². The zero-order chi connectivity index (χ0) is 7.61. The van der Waals surface area contributed by atoms with Gasteiger partial charge in [-0.3, -0.25) is 0 Å². The van der Waals surface area contributed by atoms with Gasteiger partial charge in [0.25, 0.3) is 0 Å². The molecule has 0 aromatic heterocycles. The Labute approximate surface area is 62.8 Å². The van der Waals surface area contributed by atoms with Gasteiger partial charge in [-0.1, -0.05) is 26.7 Å². The number of aldehydes is 1. The summed E-state index contributed by atoms with van der Waals surface area (Å²) in [5.74, 6) is 0.321. The Kier molecular flexibility index (Phi) is 2.12. The molecule has 0 saturated heterocycles. The van der Waals surface area contributed by atoms with E-state index in [4.69, 9.17) is 0 Å². The van der Waals surface area contributed by atoms with Crippen molar-refractivity contribution in [2.75, 3.05) is 0 Å². The molecule has 0 spiro atoms. The van der Waals surface area contributed by atoms with Gasteiger partial charge in [0.15, 0.2) is 0 Å². The molecule has 1 rings (SSSR count). The Morgan fingerprint density at radius 2 is 2.10 bits per heavy atom. The average molecular weight is 140 g/mol. The second kappa shape index (κ2) is 2.73. The van der Waals surface area contributed by atoms with Gasteiger partial charge >= 0.3 is 0 Å². The minimum Gasteiger partial charge on any atom is -0.303 e. The van der Waals surface area contributed by atoms with Crippen LogP contribution in [-0.2, 0) is 4.79 Å². The first-order chi connectivity index (χ1) is 4.67. The first-order valence-corrected chi connectivity index (χ1v) is 4.12. The molecule has 0 N–H and O–H groups in total. The van der Waals surface area contributed by atoms with Gasteiger partial charge in [0.05, 0.1) is 0 Å². The third kappa shape index (κ3) is 1.39. The molecular formula is C9H16O. The highest BCUT2D eigenvalue weighted by Crippen LogP contribution is 2.38. The molecule has 58 valence electrons. The fourth-order valence-electron chi connectivity index (χ4n) is 1.77. The molecular weight excluding hydrogens is 124 g/mol. The third-order valence-electron chi connectivity index (χ3n) is 2.75. The third-order valence-corrected chi connectivity index (χ3v) is 2.75. The summed E-state index contributed by atoms with van der Waals surface area (Å²) in [5.41, 5.74) is 0.278. The van der Waals surface area contributed by atoms with Crippen molar-refractivity contribution in [2.24, 2.45) is 11.3 Å². The quantitative estimate of drug-likeness (QED) is 0.511.